The number of ether oxygens (including phenoxy) is 1. The SMILES string of the molecule is C=C(/C=C\C(=C)c1cnc([C@@H]2CCCCC2C(=O)NC(CO)c2cccnc2)[nH]1)c1ccc(-c2cnc(C3CCCN3C(=O)C(NC(=O)OC)C(C)C)[nH]2)cc1. The molecule has 4 heterocycles. The van der Waals surface area contributed by atoms with E-state index in [0.717, 1.165) is 83.6 Å². The summed E-state index contributed by atoms with van der Waals surface area (Å²) in [5.74, 6) is 0.774. The normalized spacial score (nSPS) is 19.4. The van der Waals surface area contributed by atoms with Crippen molar-refractivity contribution in [1.82, 2.24) is 40.5 Å². The molecule has 6 rings (SSSR count). The lowest BCUT2D eigenvalue weighted by molar-refractivity contribution is -0.135. The van der Waals surface area contributed by atoms with Gasteiger partial charge in [0.2, 0.25) is 11.8 Å². The molecule has 1 aliphatic heterocycles. The van der Waals surface area contributed by atoms with Crippen LogP contribution in [0.4, 0.5) is 4.79 Å². The van der Waals surface area contributed by atoms with E-state index in [-0.39, 0.29) is 42.2 Å². The minimum absolute atomic E-state index is 0.0749. The van der Waals surface area contributed by atoms with Gasteiger partial charge in [-0.15, -0.1) is 0 Å². The van der Waals surface area contributed by atoms with Crippen molar-refractivity contribution in [3.8, 4) is 11.3 Å². The van der Waals surface area contributed by atoms with Crippen molar-refractivity contribution < 1.29 is 24.2 Å². The first-order valence-corrected chi connectivity index (χ1v) is 19.3. The molecule has 0 bridgehead atoms. The Morgan fingerprint density at radius 1 is 0.946 bits per heavy atom. The number of H-pyrrole nitrogens is 2. The zero-order valence-corrected chi connectivity index (χ0v) is 32.3. The maximum atomic E-state index is 13.5. The molecule has 56 heavy (non-hydrogen) atoms. The van der Waals surface area contributed by atoms with E-state index in [1.807, 2.05) is 56.3 Å². The smallest absolute Gasteiger partial charge is 0.407 e. The van der Waals surface area contributed by atoms with Crippen LogP contribution in [0, 0.1) is 11.8 Å². The molecule has 2 fully saturated rings. The standard InChI is InChI=1S/C43H52N8O5/c1-26(2)38(50-43(55)56-5)42(54)51-21-9-13-37(51)40-46-24-35(48-40)30-18-16-29(17-19-30)27(3)14-15-28(4)34-23-45-39(47-34)32-11-6-7-12-33(32)41(53)49-36(25-52)31-10-8-20-44-22-31/h8,10,14-20,22-24,26,32-33,36-38,52H,3-4,6-7,9,11-13,21,25H2,1-2,5H3,(H,45,47)(H,46,48)(H,49,53)(H,50,55)/b15-14-/t32-,33?,36?,37?,38?/m1/s1. The minimum atomic E-state index is -0.693. The molecule has 13 heteroatoms. The number of hydrogen-bond acceptors (Lipinski definition) is 8. The first-order valence-electron chi connectivity index (χ1n) is 19.3. The lowest BCUT2D eigenvalue weighted by Gasteiger charge is -2.30. The predicted octanol–water partition coefficient (Wildman–Crippen LogP) is 6.65. The van der Waals surface area contributed by atoms with Crippen LogP contribution in [0.3, 0.4) is 0 Å². The summed E-state index contributed by atoms with van der Waals surface area (Å²) in [6.45, 7) is 12.7. The van der Waals surface area contributed by atoms with E-state index < -0.39 is 18.2 Å². The first kappa shape index (κ1) is 39.9. The fourth-order valence-corrected chi connectivity index (χ4v) is 7.65. The Hall–Kier alpha value is -5.82. The number of benzene rings is 1. The highest BCUT2D eigenvalue weighted by Gasteiger charge is 2.38. The van der Waals surface area contributed by atoms with E-state index in [2.05, 4.69) is 48.7 Å². The number of methoxy groups -OCH3 is 1. The molecule has 1 saturated carbocycles. The molecule has 4 aromatic rings. The average molecular weight is 761 g/mol. The largest absolute Gasteiger partial charge is 0.453 e. The van der Waals surface area contributed by atoms with Gasteiger partial charge in [-0.05, 0) is 65.5 Å². The molecule has 2 aliphatic rings. The summed E-state index contributed by atoms with van der Waals surface area (Å²) in [5.41, 5.74) is 5.80. The molecule has 294 valence electrons. The van der Waals surface area contributed by atoms with Gasteiger partial charge in [-0.1, -0.05) is 82.3 Å². The number of carbonyl (C=O) groups is 3. The molecule has 3 amide bonds. The van der Waals surface area contributed by atoms with Crippen LogP contribution in [0.25, 0.3) is 22.4 Å². The first-order chi connectivity index (χ1) is 27.1. The number of likely N-dealkylation sites (tertiary alicyclic amines) is 1. The lowest BCUT2D eigenvalue weighted by atomic mass is 9.78. The summed E-state index contributed by atoms with van der Waals surface area (Å²) in [4.78, 5) is 61.1. The molecule has 0 spiro atoms. The molecular weight excluding hydrogens is 709 g/mol. The van der Waals surface area contributed by atoms with Crippen molar-refractivity contribution in [3.63, 3.8) is 0 Å². The van der Waals surface area contributed by atoms with Crippen LogP contribution >= 0.6 is 0 Å². The second-order valence-electron chi connectivity index (χ2n) is 14.9. The highest BCUT2D eigenvalue weighted by Crippen LogP contribution is 2.38. The Morgan fingerprint density at radius 2 is 1.70 bits per heavy atom. The third-order valence-corrected chi connectivity index (χ3v) is 10.9. The molecule has 1 saturated heterocycles. The number of imidazole rings is 2. The van der Waals surface area contributed by atoms with Crippen LogP contribution in [0.1, 0.15) is 98.8 Å². The Kier molecular flexibility index (Phi) is 13.0. The van der Waals surface area contributed by atoms with Gasteiger partial charge < -0.3 is 35.3 Å². The second-order valence-corrected chi connectivity index (χ2v) is 14.9. The van der Waals surface area contributed by atoms with Gasteiger partial charge in [-0.3, -0.25) is 14.6 Å². The summed E-state index contributed by atoms with van der Waals surface area (Å²) in [7, 11) is 1.29. The molecular formula is C43H52N8O5. The van der Waals surface area contributed by atoms with Crippen molar-refractivity contribution in [3.05, 3.63) is 115 Å². The summed E-state index contributed by atoms with van der Waals surface area (Å²) < 4.78 is 4.75. The van der Waals surface area contributed by atoms with E-state index in [4.69, 9.17) is 4.74 Å². The Bertz CT molecular complexity index is 2040. The quantitative estimate of drug-likeness (QED) is 0.0888. The summed E-state index contributed by atoms with van der Waals surface area (Å²) in [6, 6.07) is 10.2. The molecule has 5 N–H and O–H groups in total. The van der Waals surface area contributed by atoms with Gasteiger partial charge in [0.1, 0.15) is 17.7 Å². The van der Waals surface area contributed by atoms with E-state index in [9.17, 15) is 19.5 Å². The number of pyridine rings is 1. The number of rotatable bonds is 14. The Balaban J connectivity index is 1.06. The maximum Gasteiger partial charge on any atom is 0.407 e. The fourth-order valence-electron chi connectivity index (χ4n) is 7.65. The number of nitrogens with zero attached hydrogens (tertiary/aromatic N) is 4. The van der Waals surface area contributed by atoms with Gasteiger partial charge in [0.05, 0.1) is 49.6 Å². The van der Waals surface area contributed by atoms with Crippen LogP contribution in [0.5, 0.6) is 0 Å². The van der Waals surface area contributed by atoms with Gasteiger partial charge in [-0.25, -0.2) is 14.8 Å². The third kappa shape index (κ3) is 9.16. The highest BCUT2D eigenvalue weighted by molar-refractivity contribution is 5.86. The molecule has 0 radical (unpaired) electrons. The number of aliphatic hydroxyl groups excluding tert-OH is 1. The summed E-state index contributed by atoms with van der Waals surface area (Å²) in [6.07, 6.45) is 15.2. The van der Waals surface area contributed by atoms with Crippen LogP contribution < -0.4 is 10.6 Å². The van der Waals surface area contributed by atoms with Crippen molar-refractivity contribution in [2.45, 2.75) is 76.4 Å². The number of aliphatic hydroxyl groups is 1. The molecule has 4 unspecified atom stereocenters. The minimum Gasteiger partial charge on any atom is -0.453 e. The third-order valence-electron chi connectivity index (χ3n) is 10.9. The van der Waals surface area contributed by atoms with E-state index in [1.54, 1.807) is 35.8 Å². The number of aromatic amines is 2. The van der Waals surface area contributed by atoms with Crippen molar-refractivity contribution in [2.75, 3.05) is 20.3 Å². The monoisotopic (exact) mass is 760 g/mol. The van der Waals surface area contributed by atoms with Crippen molar-refractivity contribution >= 4 is 29.1 Å². The number of carbonyl (C=O) groups excluding carboxylic acids is 3. The number of nitrogens with one attached hydrogen (secondary N) is 4. The van der Waals surface area contributed by atoms with E-state index in [1.165, 1.54) is 7.11 Å². The van der Waals surface area contributed by atoms with E-state index in [0.29, 0.717) is 12.4 Å². The second kappa shape index (κ2) is 18.2. The molecule has 13 nitrogen and oxygen atoms in total. The van der Waals surface area contributed by atoms with Crippen LogP contribution in [0.2, 0.25) is 0 Å². The zero-order valence-electron chi connectivity index (χ0n) is 32.3. The van der Waals surface area contributed by atoms with Gasteiger partial charge in [0, 0.05) is 30.8 Å². The fraction of sp³-hybridized carbons (Fsp3) is 0.395. The van der Waals surface area contributed by atoms with Crippen LogP contribution in [0.15, 0.2) is 86.5 Å². The Morgan fingerprint density at radius 3 is 2.41 bits per heavy atom. The average Bonchev–Trinajstić information content (AvgIpc) is 4.03. The highest BCUT2D eigenvalue weighted by atomic mass is 16.5. The lowest BCUT2D eigenvalue weighted by Crippen LogP contribution is -2.51. The molecule has 1 aromatic carbocycles. The van der Waals surface area contributed by atoms with Crippen LogP contribution in [-0.2, 0) is 14.3 Å². The van der Waals surface area contributed by atoms with Crippen molar-refractivity contribution in [2.24, 2.45) is 11.8 Å². The number of allylic oxidation sites excluding steroid dienone is 4. The number of alkyl carbamates (subject to hydrolysis) is 1. The summed E-state index contributed by atoms with van der Waals surface area (Å²) >= 11 is 0. The number of aromatic nitrogens is 5. The number of amides is 3. The number of hydrogen-bond donors (Lipinski definition) is 5. The maximum absolute atomic E-state index is 13.5. The van der Waals surface area contributed by atoms with Gasteiger partial charge in [0.15, 0.2) is 0 Å². The predicted molar refractivity (Wildman–Crippen MR) is 215 cm³/mol. The summed E-state index contributed by atoms with van der Waals surface area (Å²) in [5, 5.41) is 15.7. The molecule has 3 aromatic heterocycles. The van der Waals surface area contributed by atoms with E-state index >= 15 is 0 Å². The topological polar surface area (TPSA) is 178 Å². The zero-order chi connectivity index (χ0) is 39.8. The molecule has 5 atom stereocenters. The van der Waals surface area contributed by atoms with Gasteiger partial charge >= 0.3 is 6.09 Å². The van der Waals surface area contributed by atoms with Gasteiger partial charge in [-0.2, -0.15) is 0 Å². The molecule has 1 aliphatic carbocycles. The van der Waals surface area contributed by atoms with Crippen molar-refractivity contribution in [1.29, 1.82) is 0 Å². The van der Waals surface area contributed by atoms with Crippen LogP contribution in [-0.4, -0.2) is 79.1 Å². The van der Waals surface area contributed by atoms with Gasteiger partial charge in [0.25, 0.3) is 0 Å². The Labute approximate surface area is 327 Å².